The van der Waals surface area contributed by atoms with Crippen LogP contribution < -0.4 is 5.32 Å². The summed E-state index contributed by atoms with van der Waals surface area (Å²) in [7, 11) is 0. The van der Waals surface area contributed by atoms with E-state index in [1.807, 2.05) is 12.1 Å². The molecule has 4 nitrogen and oxygen atoms in total. The second-order valence-corrected chi connectivity index (χ2v) is 4.50. The summed E-state index contributed by atoms with van der Waals surface area (Å²) in [6, 6.07) is 10.6. The lowest BCUT2D eigenvalue weighted by molar-refractivity contribution is -0.385. The first-order chi connectivity index (χ1) is 8.54. The summed E-state index contributed by atoms with van der Waals surface area (Å²) in [6.45, 7) is 0. The number of nitrogens with one attached hydrogen (secondary N) is 1. The number of rotatable bonds is 3. The SMILES string of the molecule is O=[N+]([O-])c1cc(F)cc(Nc2ccc(Br)cc2)c1. The summed E-state index contributed by atoms with van der Waals surface area (Å²) in [4.78, 5) is 9.98. The highest BCUT2D eigenvalue weighted by Gasteiger charge is 2.09. The van der Waals surface area contributed by atoms with Gasteiger partial charge in [-0.3, -0.25) is 10.1 Å². The van der Waals surface area contributed by atoms with E-state index >= 15 is 0 Å². The van der Waals surface area contributed by atoms with E-state index in [9.17, 15) is 14.5 Å². The molecule has 0 amide bonds. The Labute approximate surface area is 111 Å². The van der Waals surface area contributed by atoms with E-state index in [4.69, 9.17) is 0 Å². The van der Waals surface area contributed by atoms with Crippen LogP contribution in [-0.4, -0.2) is 4.92 Å². The number of nitrogens with zero attached hydrogens (tertiary/aromatic N) is 1. The number of nitro groups is 1. The zero-order valence-electron chi connectivity index (χ0n) is 9.06. The van der Waals surface area contributed by atoms with Gasteiger partial charge in [-0.15, -0.1) is 0 Å². The highest BCUT2D eigenvalue weighted by atomic mass is 79.9. The zero-order valence-corrected chi connectivity index (χ0v) is 10.6. The standard InChI is InChI=1S/C12H8BrFN2O2/c13-8-1-3-10(4-2-8)15-11-5-9(14)6-12(7-11)16(17)18/h1-7,15H. The molecule has 0 aliphatic carbocycles. The average molecular weight is 311 g/mol. The molecule has 92 valence electrons. The van der Waals surface area contributed by atoms with Gasteiger partial charge in [-0.2, -0.15) is 0 Å². The van der Waals surface area contributed by atoms with Gasteiger partial charge in [-0.1, -0.05) is 15.9 Å². The van der Waals surface area contributed by atoms with Gasteiger partial charge >= 0.3 is 0 Å². The summed E-state index contributed by atoms with van der Waals surface area (Å²) in [5.74, 6) is -0.649. The predicted octanol–water partition coefficient (Wildman–Crippen LogP) is 4.24. The van der Waals surface area contributed by atoms with Gasteiger partial charge in [-0.05, 0) is 30.3 Å². The normalized spacial score (nSPS) is 10.1. The maximum absolute atomic E-state index is 13.2. The minimum Gasteiger partial charge on any atom is -0.355 e. The Hall–Kier alpha value is -1.95. The van der Waals surface area contributed by atoms with E-state index in [2.05, 4.69) is 21.2 Å². The number of non-ortho nitro benzene ring substituents is 1. The number of anilines is 2. The van der Waals surface area contributed by atoms with Crippen LogP contribution in [0.1, 0.15) is 0 Å². The number of hydrogen-bond acceptors (Lipinski definition) is 3. The van der Waals surface area contributed by atoms with Crippen LogP contribution in [0.5, 0.6) is 0 Å². The lowest BCUT2D eigenvalue weighted by atomic mass is 10.2. The van der Waals surface area contributed by atoms with Crippen molar-refractivity contribution in [1.82, 2.24) is 0 Å². The van der Waals surface area contributed by atoms with Crippen LogP contribution in [0.2, 0.25) is 0 Å². The fourth-order valence-corrected chi connectivity index (χ4v) is 1.72. The molecular formula is C12H8BrFN2O2. The first-order valence-corrected chi connectivity index (χ1v) is 5.81. The summed E-state index contributed by atoms with van der Waals surface area (Å²) >= 11 is 3.30. The van der Waals surface area contributed by atoms with Gasteiger partial charge < -0.3 is 5.32 Å². The Kier molecular flexibility index (Phi) is 3.57. The van der Waals surface area contributed by atoms with Gasteiger partial charge in [0.1, 0.15) is 5.82 Å². The molecule has 0 aliphatic heterocycles. The van der Waals surface area contributed by atoms with Gasteiger partial charge in [0.05, 0.1) is 11.0 Å². The summed E-state index contributed by atoms with van der Waals surface area (Å²) < 4.78 is 14.1. The quantitative estimate of drug-likeness (QED) is 0.681. The van der Waals surface area contributed by atoms with Crippen LogP contribution in [0.25, 0.3) is 0 Å². The van der Waals surface area contributed by atoms with Crippen LogP contribution in [0.3, 0.4) is 0 Å². The van der Waals surface area contributed by atoms with Crippen molar-refractivity contribution in [2.24, 2.45) is 0 Å². The lowest BCUT2D eigenvalue weighted by Gasteiger charge is -2.06. The van der Waals surface area contributed by atoms with Gasteiger partial charge in [0.25, 0.3) is 5.69 Å². The minimum atomic E-state index is -0.649. The van der Waals surface area contributed by atoms with E-state index in [1.165, 1.54) is 12.1 Å². The Balaban J connectivity index is 2.28. The van der Waals surface area contributed by atoms with Crippen molar-refractivity contribution < 1.29 is 9.31 Å². The van der Waals surface area contributed by atoms with E-state index < -0.39 is 10.7 Å². The maximum Gasteiger partial charge on any atom is 0.274 e. The summed E-state index contributed by atoms with van der Waals surface area (Å²) in [6.07, 6.45) is 0. The number of nitro benzene ring substituents is 1. The third-order valence-corrected chi connectivity index (χ3v) is 2.75. The first-order valence-electron chi connectivity index (χ1n) is 5.02. The Bertz CT molecular complexity index is 587. The highest BCUT2D eigenvalue weighted by Crippen LogP contribution is 2.24. The predicted molar refractivity (Wildman–Crippen MR) is 70.5 cm³/mol. The van der Waals surface area contributed by atoms with Gasteiger partial charge in [0, 0.05) is 21.9 Å². The molecule has 2 aromatic carbocycles. The second-order valence-electron chi connectivity index (χ2n) is 3.59. The molecule has 0 heterocycles. The molecule has 0 bridgehead atoms. The van der Waals surface area contributed by atoms with E-state index in [-0.39, 0.29) is 5.69 Å². The summed E-state index contributed by atoms with van der Waals surface area (Å²) in [5, 5.41) is 13.5. The van der Waals surface area contributed by atoms with E-state index in [1.54, 1.807) is 12.1 Å². The van der Waals surface area contributed by atoms with Crippen molar-refractivity contribution in [3.05, 3.63) is 62.9 Å². The smallest absolute Gasteiger partial charge is 0.274 e. The van der Waals surface area contributed by atoms with Gasteiger partial charge in [0.15, 0.2) is 0 Å². The lowest BCUT2D eigenvalue weighted by Crippen LogP contribution is -1.94. The third-order valence-electron chi connectivity index (χ3n) is 2.23. The minimum absolute atomic E-state index is 0.283. The van der Waals surface area contributed by atoms with Crippen LogP contribution >= 0.6 is 15.9 Å². The van der Waals surface area contributed by atoms with Crippen LogP contribution in [-0.2, 0) is 0 Å². The molecule has 2 rings (SSSR count). The molecule has 2 aromatic rings. The molecule has 0 saturated heterocycles. The highest BCUT2D eigenvalue weighted by molar-refractivity contribution is 9.10. The van der Waals surface area contributed by atoms with Crippen molar-refractivity contribution in [2.45, 2.75) is 0 Å². The molecule has 1 N–H and O–H groups in total. The van der Waals surface area contributed by atoms with Crippen molar-refractivity contribution in [1.29, 1.82) is 0 Å². The summed E-state index contributed by atoms with van der Waals surface area (Å²) in [5.41, 5.74) is 0.775. The fourth-order valence-electron chi connectivity index (χ4n) is 1.45. The van der Waals surface area contributed by atoms with Crippen molar-refractivity contribution in [3.8, 4) is 0 Å². The van der Waals surface area contributed by atoms with Crippen LogP contribution in [0, 0.1) is 15.9 Å². The second kappa shape index (κ2) is 5.14. The zero-order chi connectivity index (χ0) is 13.1. The van der Waals surface area contributed by atoms with Gasteiger partial charge in [-0.25, -0.2) is 4.39 Å². The Morgan fingerprint density at radius 3 is 2.39 bits per heavy atom. The Morgan fingerprint density at radius 2 is 1.78 bits per heavy atom. The van der Waals surface area contributed by atoms with Crippen molar-refractivity contribution in [3.63, 3.8) is 0 Å². The van der Waals surface area contributed by atoms with Gasteiger partial charge in [0.2, 0.25) is 0 Å². The Morgan fingerprint density at radius 1 is 1.11 bits per heavy atom. The average Bonchev–Trinajstić information content (AvgIpc) is 2.31. The molecule has 0 spiro atoms. The molecule has 0 aliphatic rings. The molecule has 0 fully saturated rings. The maximum atomic E-state index is 13.2. The van der Waals surface area contributed by atoms with E-state index in [0.29, 0.717) is 5.69 Å². The van der Waals surface area contributed by atoms with Crippen LogP contribution in [0.15, 0.2) is 46.9 Å². The fraction of sp³-hybridized carbons (Fsp3) is 0. The monoisotopic (exact) mass is 310 g/mol. The van der Waals surface area contributed by atoms with Crippen LogP contribution in [0.4, 0.5) is 21.5 Å². The molecule has 0 aromatic heterocycles. The number of hydrogen-bond donors (Lipinski definition) is 1. The number of benzene rings is 2. The largest absolute Gasteiger partial charge is 0.355 e. The number of halogens is 2. The third kappa shape index (κ3) is 3.04. The van der Waals surface area contributed by atoms with E-state index in [0.717, 1.165) is 16.2 Å². The molecular weight excluding hydrogens is 303 g/mol. The molecule has 0 atom stereocenters. The molecule has 0 unspecified atom stereocenters. The van der Waals surface area contributed by atoms with Crippen molar-refractivity contribution in [2.75, 3.05) is 5.32 Å². The topological polar surface area (TPSA) is 55.2 Å². The molecule has 0 saturated carbocycles. The first kappa shape index (κ1) is 12.5. The molecule has 18 heavy (non-hydrogen) atoms. The van der Waals surface area contributed by atoms with Crippen molar-refractivity contribution >= 4 is 33.0 Å². The molecule has 6 heteroatoms. The molecule has 0 radical (unpaired) electrons.